The van der Waals surface area contributed by atoms with Crippen LogP contribution < -0.4 is 5.32 Å². The van der Waals surface area contributed by atoms with Gasteiger partial charge in [-0.2, -0.15) is 13.2 Å². The van der Waals surface area contributed by atoms with Gasteiger partial charge < -0.3 is 10.4 Å². The number of nitrogens with one attached hydrogen (secondary N) is 1. The van der Waals surface area contributed by atoms with Crippen molar-refractivity contribution in [2.24, 2.45) is 5.92 Å². The smallest absolute Gasteiger partial charge is 0.393 e. The minimum Gasteiger partial charge on any atom is -0.393 e. The Morgan fingerprint density at radius 3 is 2.80 bits per heavy atom. The fraction of sp³-hybridized carbons (Fsp3) is 0.615. The highest BCUT2D eigenvalue weighted by Crippen LogP contribution is 2.35. The lowest BCUT2D eigenvalue weighted by molar-refractivity contribution is -0.137. The van der Waals surface area contributed by atoms with E-state index in [2.05, 4.69) is 26.2 Å². The first-order valence-corrected chi connectivity index (χ1v) is 7.30. The molecule has 20 heavy (non-hydrogen) atoms. The van der Waals surface area contributed by atoms with Crippen molar-refractivity contribution < 1.29 is 18.3 Å². The summed E-state index contributed by atoms with van der Waals surface area (Å²) in [7, 11) is 0. The number of aliphatic hydroxyl groups excluding tert-OH is 1. The minimum atomic E-state index is -4.44. The van der Waals surface area contributed by atoms with Gasteiger partial charge in [0.25, 0.3) is 0 Å². The Balaban J connectivity index is 2.05. The van der Waals surface area contributed by atoms with E-state index in [0.29, 0.717) is 17.4 Å². The summed E-state index contributed by atoms with van der Waals surface area (Å²) in [5.74, 6) is 0.0334. The van der Waals surface area contributed by atoms with Crippen molar-refractivity contribution in [1.82, 2.24) is 4.98 Å². The van der Waals surface area contributed by atoms with E-state index >= 15 is 0 Å². The number of pyridine rings is 1. The SMILES string of the molecule is OC1CCCC(CNc2ncc(Br)cc2C(F)(F)F)C1. The monoisotopic (exact) mass is 352 g/mol. The number of anilines is 1. The maximum Gasteiger partial charge on any atom is 0.419 e. The van der Waals surface area contributed by atoms with Crippen molar-refractivity contribution in [3.8, 4) is 0 Å². The fourth-order valence-electron chi connectivity index (χ4n) is 2.49. The number of aromatic nitrogens is 1. The van der Waals surface area contributed by atoms with Crippen LogP contribution in [0.25, 0.3) is 0 Å². The van der Waals surface area contributed by atoms with Crippen LogP contribution in [-0.2, 0) is 6.18 Å². The second kappa shape index (κ2) is 6.30. The average Bonchev–Trinajstić information content (AvgIpc) is 2.36. The lowest BCUT2D eigenvalue weighted by Crippen LogP contribution is -2.26. The predicted molar refractivity (Wildman–Crippen MR) is 73.4 cm³/mol. The molecule has 0 aliphatic heterocycles. The third-order valence-electron chi connectivity index (χ3n) is 3.47. The van der Waals surface area contributed by atoms with Crippen molar-refractivity contribution in [3.63, 3.8) is 0 Å². The summed E-state index contributed by atoms with van der Waals surface area (Å²) in [4.78, 5) is 3.81. The van der Waals surface area contributed by atoms with Gasteiger partial charge in [0, 0.05) is 17.2 Å². The third-order valence-corrected chi connectivity index (χ3v) is 3.91. The Hall–Kier alpha value is -0.820. The van der Waals surface area contributed by atoms with Gasteiger partial charge in [0.05, 0.1) is 11.7 Å². The molecule has 112 valence electrons. The number of hydrogen-bond donors (Lipinski definition) is 2. The zero-order valence-electron chi connectivity index (χ0n) is 10.8. The lowest BCUT2D eigenvalue weighted by Gasteiger charge is -2.26. The highest BCUT2D eigenvalue weighted by Gasteiger charge is 2.35. The molecular weight excluding hydrogens is 337 g/mol. The molecule has 0 amide bonds. The van der Waals surface area contributed by atoms with Crippen molar-refractivity contribution in [2.75, 3.05) is 11.9 Å². The van der Waals surface area contributed by atoms with E-state index in [1.54, 1.807) is 0 Å². The first-order chi connectivity index (χ1) is 9.36. The second-order valence-electron chi connectivity index (χ2n) is 5.11. The van der Waals surface area contributed by atoms with Crippen LogP contribution in [0.15, 0.2) is 16.7 Å². The second-order valence-corrected chi connectivity index (χ2v) is 6.03. The van der Waals surface area contributed by atoms with Gasteiger partial charge in [-0.15, -0.1) is 0 Å². The van der Waals surface area contributed by atoms with Crippen LogP contribution in [0, 0.1) is 5.92 Å². The van der Waals surface area contributed by atoms with Crippen molar-refractivity contribution in [3.05, 3.63) is 22.3 Å². The number of rotatable bonds is 3. The lowest BCUT2D eigenvalue weighted by atomic mass is 9.87. The van der Waals surface area contributed by atoms with Gasteiger partial charge in [0.15, 0.2) is 0 Å². The molecule has 1 aromatic heterocycles. The van der Waals surface area contributed by atoms with Crippen molar-refractivity contribution >= 4 is 21.7 Å². The highest BCUT2D eigenvalue weighted by atomic mass is 79.9. The Bertz CT molecular complexity index is 467. The van der Waals surface area contributed by atoms with E-state index in [9.17, 15) is 18.3 Å². The Morgan fingerprint density at radius 2 is 2.15 bits per heavy atom. The van der Waals surface area contributed by atoms with Crippen LogP contribution in [-0.4, -0.2) is 22.7 Å². The highest BCUT2D eigenvalue weighted by molar-refractivity contribution is 9.10. The summed E-state index contributed by atoms with van der Waals surface area (Å²) in [6.45, 7) is 0.398. The quantitative estimate of drug-likeness (QED) is 0.868. The molecule has 1 aromatic rings. The summed E-state index contributed by atoms with van der Waals surface area (Å²) in [6.07, 6.45) is -0.199. The third kappa shape index (κ3) is 4.09. The Morgan fingerprint density at radius 1 is 1.40 bits per heavy atom. The van der Waals surface area contributed by atoms with Crippen LogP contribution in [0.4, 0.5) is 19.0 Å². The molecule has 2 atom stereocenters. The predicted octanol–water partition coefficient (Wildman–Crippen LogP) is 3.83. The number of nitrogens with zero attached hydrogens (tertiary/aromatic N) is 1. The molecule has 1 heterocycles. The van der Waals surface area contributed by atoms with E-state index in [4.69, 9.17) is 0 Å². The van der Waals surface area contributed by atoms with Crippen LogP contribution in [0.1, 0.15) is 31.2 Å². The Kier molecular flexibility index (Phi) is 4.90. The molecule has 2 unspecified atom stereocenters. The molecule has 1 fully saturated rings. The number of alkyl halides is 3. The molecule has 0 radical (unpaired) electrons. The molecule has 2 N–H and O–H groups in total. The normalized spacial score (nSPS) is 23.6. The summed E-state index contributed by atoms with van der Waals surface area (Å²) >= 11 is 3.00. The first kappa shape index (κ1) is 15.6. The van der Waals surface area contributed by atoms with E-state index in [-0.39, 0.29) is 17.8 Å². The van der Waals surface area contributed by atoms with Gasteiger partial charge >= 0.3 is 6.18 Å². The summed E-state index contributed by atoms with van der Waals surface area (Å²) in [5, 5.41) is 12.3. The molecule has 0 spiro atoms. The number of hydrogen-bond acceptors (Lipinski definition) is 3. The van der Waals surface area contributed by atoms with Gasteiger partial charge in [0.2, 0.25) is 0 Å². The van der Waals surface area contributed by atoms with E-state index in [0.717, 1.165) is 25.3 Å². The van der Waals surface area contributed by atoms with Crippen LogP contribution >= 0.6 is 15.9 Å². The molecule has 3 nitrogen and oxygen atoms in total. The van der Waals surface area contributed by atoms with E-state index in [1.807, 2.05) is 0 Å². The van der Waals surface area contributed by atoms with Gasteiger partial charge in [-0.25, -0.2) is 4.98 Å². The molecule has 0 aromatic carbocycles. The zero-order chi connectivity index (χ0) is 14.8. The molecule has 1 aliphatic rings. The fourth-order valence-corrected chi connectivity index (χ4v) is 2.82. The zero-order valence-corrected chi connectivity index (χ0v) is 12.3. The molecule has 1 aliphatic carbocycles. The molecule has 2 rings (SSSR count). The molecule has 0 bridgehead atoms. The summed E-state index contributed by atoms with van der Waals surface area (Å²) in [6, 6.07) is 1.02. The number of halogens is 4. The maximum atomic E-state index is 12.9. The molecule has 0 saturated heterocycles. The maximum absolute atomic E-state index is 12.9. The van der Waals surface area contributed by atoms with Crippen molar-refractivity contribution in [2.45, 2.75) is 38.0 Å². The Labute approximate surface area is 123 Å². The molecular formula is C13H16BrF3N2O. The van der Waals surface area contributed by atoms with Gasteiger partial charge in [-0.05, 0) is 47.2 Å². The number of aliphatic hydroxyl groups is 1. The summed E-state index contributed by atoms with van der Waals surface area (Å²) < 4.78 is 39.0. The standard InChI is InChI=1S/C13H16BrF3N2O/c14-9-5-11(13(15,16)17)12(19-7-9)18-6-8-2-1-3-10(20)4-8/h5,7-8,10,20H,1-4,6H2,(H,18,19). The van der Waals surface area contributed by atoms with Crippen LogP contribution in [0.5, 0.6) is 0 Å². The largest absolute Gasteiger partial charge is 0.419 e. The van der Waals surface area contributed by atoms with E-state index in [1.165, 1.54) is 6.20 Å². The van der Waals surface area contributed by atoms with Gasteiger partial charge in [-0.1, -0.05) is 6.42 Å². The van der Waals surface area contributed by atoms with E-state index < -0.39 is 11.7 Å². The molecule has 1 saturated carbocycles. The summed E-state index contributed by atoms with van der Waals surface area (Å²) in [5.41, 5.74) is -0.775. The first-order valence-electron chi connectivity index (χ1n) is 6.51. The average molecular weight is 353 g/mol. The molecule has 7 heteroatoms. The van der Waals surface area contributed by atoms with Gasteiger partial charge in [-0.3, -0.25) is 0 Å². The van der Waals surface area contributed by atoms with Gasteiger partial charge in [0.1, 0.15) is 5.82 Å². The van der Waals surface area contributed by atoms with Crippen LogP contribution in [0.2, 0.25) is 0 Å². The topological polar surface area (TPSA) is 45.1 Å². The van der Waals surface area contributed by atoms with Crippen molar-refractivity contribution in [1.29, 1.82) is 0 Å². The minimum absolute atomic E-state index is 0.152. The van der Waals surface area contributed by atoms with Crippen LogP contribution in [0.3, 0.4) is 0 Å².